The van der Waals surface area contributed by atoms with Gasteiger partial charge in [-0.25, -0.2) is 0 Å². The summed E-state index contributed by atoms with van der Waals surface area (Å²) in [5, 5.41) is 0. The number of alkyl halides is 1. The van der Waals surface area contributed by atoms with Crippen LogP contribution in [-0.4, -0.2) is 36.9 Å². The van der Waals surface area contributed by atoms with E-state index in [0.29, 0.717) is 0 Å². The topological polar surface area (TPSA) is 44.8 Å². The van der Waals surface area contributed by atoms with Gasteiger partial charge in [0.25, 0.3) is 0 Å². The Morgan fingerprint density at radius 2 is 2.13 bits per heavy atom. The molecule has 0 unspecified atom stereocenters. The summed E-state index contributed by atoms with van der Waals surface area (Å²) in [6, 6.07) is 0. The lowest BCUT2D eigenvalue weighted by molar-refractivity contribution is -0.237. The monoisotopic (exact) mass is 276 g/mol. The van der Waals surface area contributed by atoms with E-state index in [-0.39, 0.29) is 34.7 Å². The fourth-order valence-electron chi connectivity index (χ4n) is 3.61. The molecule has 1 heterocycles. The van der Waals surface area contributed by atoms with E-state index in [1.165, 1.54) is 0 Å². The molecule has 0 radical (unpaired) electrons. The standard InChI is InChI=1S/C10H13BrO4/c1-13-10(14-2)5-3-4-6(10)8(7(5)11)15-9(4)12/h4-8H,3H2,1-2H3/t4-,5+,6-,7+,8+/m1/s1. The van der Waals surface area contributed by atoms with Crippen molar-refractivity contribution >= 4 is 21.9 Å². The first kappa shape index (κ1) is 10.1. The van der Waals surface area contributed by atoms with Crippen molar-refractivity contribution in [2.75, 3.05) is 14.2 Å². The highest BCUT2D eigenvalue weighted by Gasteiger charge is 2.74. The number of rotatable bonds is 2. The van der Waals surface area contributed by atoms with Gasteiger partial charge >= 0.3 is 5.97 Å². The van der Waals surface area contributed by atoms with Gasteiger partial charge in [0.1, 0.15) is 6.10 Å². The quantitative estimate of drug-likeness (QED) is 0.428. The number of hydrogen-bond donors (Lipinski definition) is 0. The number of fused-ring (bicyclic) bond motifs is 1. The number of halogens is 1. The van der Waals surface area contributed by atoms with Gasteiger partial charge < -0.3 is 14.2 Å². The Morgan fingerprint density at radius 1 is 1.47 bits per heavy atom. The molecular weight excluding hydrogens is 264 g/mol. The molecule has 1 saturated heterocycles. The molecule has 0 aromatic rings. The van der Waals surface area contributed by atoms with Crippen molar-refractivity contribution in [3.8, 4) is 0 Å². The second-order valence-electron chi connectivity index (χ2n) is 4.45. The lowest BCUT2D eigenvalue weighted by Crippen LogP contribution is -2.41. The predicted molar refractivity (Wildman–Crippen MR) is 54.4 cm³/mol. The molecule has 3 aliphatic rings. The zero-order chi connectivity index (χ0) is 10.8. The maximum absolute atomic E-state index is 11.6. The van der Waals surface area contributed by atoms with E-state index in [1.54, 1.807) is 14.2 Å². The van der Waals surface area contributed by atoms with E-state index in [1.807, 2.05) is 0 Å². The number of carbonyl (C=O) groups excluding carboxylic acids is 1. The highest BCUT2D eigenvalue weighted by Crippen LogP contribution is 2.63. The maximum atomic E-state index is 11.6. The molecular formula is C10H13BrO4. The average molecular weight is 277 g/mol. The van der Waals surface area contributed by atoms with Crippen LogP contribution < -0.4 is 0 Å². The van der Waals surface area contributed by atoms with Gasteiger partial charge in [-0.1, -0.05) is 15.9 Å². The lowest BCUT2D eigenvalue weighted by atomic mass is 9.89. The predicted octanol–water partition coefficient (Wildman–Crippen LogP) is 0.930. The van der Waals surface area contributed by atoms with Gasteiger partial charge in [-0.2, -0.15) is 0 Å². The lowest BCUT2D eigenvalue weighted by Gasteiger charge is -2.30. The first-order valence-electron chi connectivity index (χ1n) is 5.10. The van der Waals surface area contributed by atoms with Crippen LogP contribution in [-0.2, 0) is 19.0 Å². The second kappa shape index (κ2) is 2.96. The van der Waals surface area contributed by atoms with Crippen LogP contribution in [0.15, 0.2) is 0 Å². The average Bonchev–Trinajstić information content (AvgIpc) is 2.77. The van der Waals surface area contributed by atoms with Gasteiger partial charge in [-0.05, 0) is 6.42 Å². The first-order valence-corrected chi connectivity index (χ1v) is 6.02. The van der Waals surface area contributed by atoms with Crippen molar-refractivity contribution in [3.63, 3.8) is 0 Å². The molecule has 1 aliphatic heterocycles. The SMILES string of the molecule is COC1(OC)[C@H]2[C@@H]3OC(=O)[C@@H]2C[C@H]1[C@@H]3Br. The molecule has 4 nitrogen and oxygen atoms in total. The summed E-state index contributed by atoms with van der Waals surface area (Å²) < 4.78 is 16.5. The van der Waals surface area contributed by atoms with Gasteiger partial charge in [0, 0.05) is 20.1 Å². The van der Waals surface area contributed by atoms with Crippen molar-refractivity contribution < 1.29 is 19.0 Å². The number of hydrogen-bond acceptors (Lipinski definition) is 4. The van der Waals surface area contributed by atoms with Crippen LogP contribution >= 0.6 is 15.9 Å². The number of methoxy groups -OCH3 is 2. The van der Waals surface area contributed by atoms with E-state index in [2.05, 4.69) is 15.9 Å². The number of ether oxygens (including phenoxy) is 3. The molecule has 0 N–H and O–H groups in total. The van der Waals surface area contributed by atoms with Crippen LogP contribution in [0.25, 0.3) is 0 Å². The highest BCUT2D eigenvalue weighted by molar-refractivity contribution is 9.09. The zero-order valence-electron chi connectivity index (χ0n) is 8.60. The molecule has 0 amide bonds. The molecule has 2 bridgehead atoms. The number of carbonyl (C=O) groups is 1. The summed E-state index contributed by atoms with van der Waals surface area (Å²) in [5.74, 6) is -0.495. The highest BCUT2D eigenvalue weighted by atomic mass is 79.9. The third kappa shape index (κ3) is 0.929. The Hall–Kier alpha value is -0.130. The summed E-state index contributed by atoms with van der Waals surface area (Å²) in [7, 11) is 3.29. The first-order chi connectivity index (χ1) is 7.15. The third-order valence-electron chi connectivity index (χ3n) is 4.17. The van der Waals surface area contributed by atoms with Crippen molar-refractivity contribution in [1.29, 1.82) is 0 Å². The molecule has 5 atom stereocenters. The summed E-state index contributed by atoms with van der Waals surface area (Å²) in [6.45, 7) is 0. The van der Waals surface area contributed by atoms with E-state index in [0.717, 1.165) is 6.42 Å². The van der Waals surface area contributed by atoms with Gasteiger partial charge in [0.05, 0.1) is 16.7 Å². The zero-order valence-corrected chi connectivity index (χ0v) is 10.2. The number of esters is 1. The van der Waals surface area contributed by atoms with Crippen LogP contribution in [0.4, 0.5) is 0 Å². The van der Waals surface area contributed by atoms with Gasteiger partial charge in [0.2, 0.25) is 0 Å². The normalized spacial score (nSPS) is 49.8. The second-order valence-corrected chi connectivity index (χ2v) is 5.51. The Morgan fingerprint density at radius 3 is 2.67 bits per heavy atom. The smallest absolute Gasteiger partial charge is 0.309 e. The minimum Gasteiger partial charge on any atom is -0.460 e. The Bertz CT molecular complexity index is 315. The van der Waals surface area contributed by atoms with Crippen LogP contribution in [0.3, 0.4) is 0 Å². The summed E-state index contributed by atoms with van der Waals surface area (Å²) in [4.78, 5) is 11.8. The Labute approximate surface area is 96.4 Å². The molecule has 2 aliphatic carbocycles. The van der Waals surface area contributed by atoms with Crippen LogP contribution in [0, 0.1) is 17.8 Å². The summed E-state index contributed by atoms with van der Waals surface area (Å²) in [6.07, 6.45) is 0.721. The van der Waals surface area contributed by atoms with E-state index in [4.69, 9.17) is 14.2 Å². The molecule has 0 aromatic heterocycles. The van der Waals surface area contributed by atoms with E-state index < -0.39 is 5.79 Å². The molecule has 3 rings (SSSR count). The van der Waals surface area contributed by atoms with Crippen LogP contribution in [0.5, 0.6) is 0 Å². The van der Waals surface area contributed by atoms with Crippen LogP contribution in [0.2, 0.25) is 0 Å². The molecule has 84 valence electrons. The minimum atomic E-state index is -0.629. The van der Waals surface area contributed by atoms with Crippen molar-refractivity contribution in [2.45, 2.75) is 23.1 Å². The fourth-order valence-corrected chi connectivity index (χ4v) is 4.63. The molecule has 3 fully saturated rings. The maximum Gasteiger partial charge on any atom is 0.309 e. The fraction of sp³-hybridized carbons (Fsp3) is 0.900. The van der Waals surface area contributed by atoms with Gasteiger partial charge in [-0.3, -0.25) is 4.79 Å². The molecule has 0 aromatic carbocycles. The van der Waals surface area contributed by atoms with Crippen molar-refractivity contribution in [3.05, 3.63) is 0 Å². The third-order valence-corrected chi connectivity index (χ3v) is 5.33. The molecule has 2 saturated carbocycles. The molecule has 0 spiro atoms. The Kier molecular flexibility index (Phi) is 1.98. The molecule has 5 heteroatoms. The van der Waals surface area contributed by atoms with Crippen molar-refractivity contribution in [2.24, 2.45) is 17.8 Å². The van der Waals surface area contributed by atoms with Gasteiger partial charge in [-0.15, -0.1) is 0 Å². The van der Waals surface area contributed by atoms with E-state index >= 15 is 0 Å². The van der Waals surface area contributed by atoms with Gasteiger partial charge in [0.15, 0.2) is 5.79 Å². The minimum absolute atomic E-state index is 0.0336. The summed E-state index contributed by atoms with van der Waals surface area (Å²) in [5.41, 5.74) is 0. The largest absolute Gasteiger partial charge is 0.460 e. The van der Waals surface area contributed by atoms with Crippen LogP contribution in [0.1, 0.15) is 6.42 Å². The molecule has 15 heavy (non-hydrogen) atoms. The Balaban J connectivity index is 2.07. The summed E-state index contributed by atoms with van der Waals surface area (Å²) >= 11 is 3.60. The van der Waals surface area contributed by atoms with E-state index in [9.17, 15) is 4.79 Å². The van der Waals surface area contributed by atoms with Crippen molar-refractivity contribution in [1.82, 2.24) is 0 Å².